The van der Waals surface area contributed by atoms with Crippen molar-refractivity contribution in [2.75, 3.05) is 19.6 Å². The Bertz CT molecular complexity index is 858. The van der Waals surface area contributed by atoms with Gasteiger partial charge in [0.25, 0.3) is 5.91 Å². The predicted octanol–water partition coefficient (Wildman–Crippen LogP) is 4.51. The molecule has 2 atom stereocenters. The van der Waals surface area contributed by atoms with E-state index < -0.39 is 6.04 Å². The molecule has 5 heteroatoms. The number of nitrogens with one attached hydrogen (secondary N) is 2. The van der Waals surface area contributed by atoms with Crippen LogP contribution in [-0.4, -0.2) is 48.4 Å². The molecule has 34 heavy (non-hydrogen) atoms. The van der Waals surface area contributed by atoms with Crippen molar-refractivity contribution in [1.29, 1.82) is 0 Å². The van der Waals surface area contributed by atoms with Crippen molar-refractivity contribution in [2.45, 2.75) is 89.6 Å². The summed E-state index contributed by atoms with van der Waals surface area (Å²) in [6, 6.07) is 8.26. The van der Waals surface area contributed by atoms with E-state index in [1.54, 1.807) is 0 Å². The zero-order chi connectivity index (χ0) is 23.9. The first-order valence-corrected chi connectivity index (χ1v) is 13.8. The van der Waals surface area contributed by atoms with Crippen molar-refractivity contribution in [3.05, 3.63) is 35.4 Å². The molecule has 5 aliphatic rings. The van der Waals surface area contributed by atoms with Crippen LogP contribution in [0.3, 0.4) is 0 Å². The summed E-state index contributed by atoms with van der Waals surface area (Å²) in [7, 11) is 0. The number of hydrogen-bond acceptors (Lipinski definition) is 3. The van der Waals surface area contributed by atoms with Crippen molar-refractivity contribution in [3.8, 4) is 0 Å². The molecule has 5 fully saturated rings. The van der Waals surface area contributed by atoms with Gasteiger partial charge in [-0.15, -0.1) is 0 Å². The summed E-state index contributed by atoms with van der Waals surface area (Å²) in [6.07, 6.45) is 10.6. The van der Waals surface area contributed by atoms with Crippen molar-refractivity contribution in [1.82, 2.24) is 15.5 Å². The third-order valence-corrected chi connectivity index (χ3v) is 9.45. The summed E-state index contributed by atoms with van der Waals surface area (Å²) in [4.78, 5) is 28.5. The van der Waals surface area contributed by atoms with E-state index >= 15 is 0 Å². The first-order valence-electron chi connectivity index (χ1n) is 13.8. The monoisotopic (exact) mass is 465 g/mol. The van der Waals surface area contributed by atoms with Gasteiger partial charge in [-0.2, -0.15) is 0 Å². The van der Waals surface area contributed by atoms with Crippen LogP contribution in [0.25, 0.3) is 0 Å². The molecule has 0 aromatic heterocycles. The largest absolute Gasteiger partial charge is 0.353 e. The van der Waals surface area contributed by atoms with Gasteiger partial charge in [-0.1, -0.05) is 32.9 Å². The number of carbonyl (C=O) groups is 2. The summed E-state index contributed by atoms with van der Waals surface area (Å²) in [5, 5.41) is 6.14. The fourth-order valence-corrected chi connectivity index (χ4v) is 8.07. The Balaban J connectivity index is 1.21. The van der Waals surface area contributed by atoms with Gasteiger partial charge in [0.2, 0.25) is 5.91 Å². The highest BCUT2D eigenvalue weighted by Crippen LogP contribution is 2.60. The van der Waals surface area contributed by atoms with Crippen LogP contribution in [0.5, 0.6) is 0 Å². The van der Waals surface area contributed by atoms with Crippen LogP contribution in [0, 0.1) is 23.7 Å². The number of nitrogens with zero attached hydrogens (tertiary/aromatic N) is 1. The second kappa shape index (κ2) is 9.64. The molecule has 186 valence electrons. The summed E-state index contributed by atoms with van der Waals surface area (Å²) in [6.45, 7) is 8.95. The van der Waals surface area contributed by atoms with Gasteiger partial charge in [-0.3, -0.25) is 14.5 Å². The molecule has 1 saturated heterocycles. The highest BCUT2D eigenvalue weighted by atomic mass is 16.2. The van der Waals surface area contributed by atoms with Crippen LogP contribution >= 0.6 is 0 Å². The third kappa shape index (κ3) is 4.65. The SMILES string of the molecule is CCN1CCCC1CNC(=O)C(NC(=O)c1ccc(C23CC4CC(CC(C4)C2)C3)cc1)C(C)C. The van der Waals surface area contributed by atoms with Crippen molar-refractivity contribution >= 4 is 11.8 Å². The fraction of sp³-hybridized carbons (Fsp3) is 0.724. The van der Waals surface area contributed by atoms with E-state index in [2.05, 4.69) is 34.6 Å². The maximum absolute atomic E-state index is 13.1. The molecule has 6 rings (SSSR count). The molecule has 2 N–H and O–H groups in total. The summed E-state index contributed by atoms with van der Waals surface area (Å²) in [5.41, 5.74) is 2.43. The Hall–Kier alpha value is -1.88. The minimum atomic E-state index is -0.521. The van der Waals surface area contributed by atoms with Crippen molar-refractivity contribution in [3.63, 3.8) is 0 Å². The molecule has 4 saturated carbocycles. The zero-order valence-electron chi connectivity index (χ0n) is 21.3. The summed E-state index contributed by atoms with van der Waals surface area (Å²) >= 11 is 0. The Morgan fingerprint density at radius 1 is 1.03 bits per heavy atom. The van der Waals surface area contributed by atoms with E-state index in [0.717, 1.165) is 37.3 Å². The normalized spacial score (nSPS) is 33.3. The lowest BCUT2D eigenvalue weighted by Gasteiger charge is -2.57. The maximum atomic E-state index is 13.1. The van der Waals surface area contributed by atoms with Gasteiger partial charge in [0.15, 0.2) is 0 Å². The molecular weight excluding hydrogens is 422 g/mol. The van der Waals surface area contributed by atoms with Crippen LogP contribution in [0.2, 0.25) is 0 Å². The molecule has 4 bridgehead atoms. The minimum Gasteiger partial charge on any atom is -0.353 e. The van der Waals surface area contributed by atoms with Crippen molar-refractivity contribution in [2.24, 2.45) is 23.7 Å². The number of hydrogen-bond donors (Lipinski definition) is 2. The second-order valence-corrected chi connectivity index (χ2v) is 12.1. The predicted molar refractivity (Wildman–Crippen MR) is 136 cm³/mol. The molecule has 0 radical (unpaired) electrons. The van der Waals surface area contributed by atoms with Crippen LogP contribution in [0.4, 0.5) is 0 Å². The van der Waals surface area contributed by atoms with Gasteiger partial charge >= 0.3 is 0 Å². The summed E-state index contributed by atoms with van der Waals surface area (Å²) in [5.74, 6) is 2.54. The fourth-order valence-electron chi connectivity index (χ4n) is 8.07. The van der Waals surface area contributed by atoms with Crippen molar-refractivity contribution < 1.29 is 9.59 Å². The lowest BCUT2D eigenvalue weighted by molar-refractivity contribution is -0.124. The number of carbonyl (C=O) groups excluding carboxylic acids is 2. The number of benzene rings is 1. The molecular formula is C29H43N3O2. The number of likely N-dealkylation sites (N-methyl/N-ethyl adjacent to an activating group) is 1. The molecule has 1 heterocycles. The van der Waals surface area contributed by atoms with E-state index in [0.29, 0.717) is 23.6 Å². The van der Waals surface area contributed by atoms with Gasteiger partial charge in [-0.05, 0) is 111 Å². The van der Waals surface area contributed by atoms with Gasteiger partial charge in [0, 0.05) is 18.2 Å². The topological polar surface area (TPSA) is 61.4 Å². The third-order valence-electron chi connectivity index (χ3n) is 9.45. The van der Waals surface area contributed by atoms with E-state index in [9.17, 15) is 9.59 Å². The quantitative estimate of drug-likeness (QED) is 0.594. The van der Waals surface area contributed by atoms with E-state index in [1.807, 2.05) is 26.0 Å². The molecule has 1 aliphatic heterocycles. The Morgan fingerprint density at radius 3 is 2.21 bits per heavy atom. The highest BCUT2D eigenvalue weighted by Gasteiger charge is 2.51. The summed E-state index contributed by atoms with van der Waals surface area (Å²) < 4.78 is 0. The molecule has 5 nitrogen and oxygen atoms in total. The van der Waals surface area contributed by atoms with Gasteiger partial charge in [-0.25, -0.2) is 0 Å². The molecule has 1 aromatic carbocycles. The first kappa shape index (κ1) is 23.8. The van der Waals surface area contributed by atoms with Gasteiger partial charge in [0.05, 0.1) is 0 Å². The molecule has 2 amide bonds. The molecule has 0 spiro atoms. The Morgan fingerprint density at radius 2 is 1.65 bits per heavy atom. The number of likely N-dealkylation sites (tertiary alicyclic amines) is 1. The zero-order valence-corrected chi connectivity index (χ0v) is 21.3. The van der Waals surface area contributed by atoms with Crippen LogP contribution in [0.1, 0.15) is 88.1 Å². The number of rotatable bonds is 8. The molecule has 4 aliphatic carbocycles. The Labute approximate surface area is 205 Å². The average Bonchev–Trinajstić information content (AvgIpc) is 3.27. The second-order valence-electron chi connectivity index (χ2n) is 12.1. The lowest BCUT2D eigenvalue weighted by Crippen LogP contribution is -2.52. The van der Waals surface area contributed by atoms with E-state index in [-0.39, 0.29) is 17.7 Å². The van der Waals surface area contributed by atoms with Crippen LogP contribution in [-0.2, 0) is 10.2 Å². The Kier molecular flexibility index (Phi) is 6.76. The van der Waals surface area contributed by atoms with E-state index in [1.165, 1.54) is 50.5 Å². The number of amides is 2. The first-order chi connectivity index (χ1) is 16.4. The van der Waals surface area contributed by atoms with Gasteiger partial charge < -0.3 is 10.6 Å². The lowest BCUT2D eigenvalue weighted by atomic mass is 9.48. The highest BCUT2D eigenvalue weighted by molar-refractivity contribution is 5.97. The minimum absolute atomic E-state index is 0.0288. The maximum Gasteiger partial charge on any atom is 0.251 e. The smallest absolute Gasteiger partial charge is 0.251 e. The molecule has 2 unspecified atom stereocenters. The van der Waals surface area contributed by atoms with Gasteiger partial charge in [0.1, 0.15) is 6.04 Å². The van der Waals surface area contributed by atoms with E-state index in [4.69, 9.17) is 0 Å². The van der Waals surface area contributed by atoms with Crippen LogP contribution < -0.4 is 10.6 Å². The molecule has 1 aromatic rings. The standard InChI is InChI=1S/C29H43N3O2/c1-4-32-11-5-6-25(32)18-30-28(34)26(19(2)3)31-27(33)23-7-9-24(10-8-23)29-15-20-12-21(16-29)14-22(13-20)17-29/h7-10,19-22,25-26H,4-6,11-18H2,1-3H3,(H,30,34)(H,31,33). The van der Waals surface area contributed by atoms with Crippen LogP contribution in [0.15, 0.2) is 24.3 Å². The average molecular weight is 466 g/mol.